The molecule has 0 spiro atoms. The molecule has 0 unspecified atom stereocenters. The van der Waals surface area contributed by atoms with Crippen molar-refractivity contribution >= 4 is 34.8 Å². The van der Waals surface area contributed by atoms with Crippen molar-refractivity contribution in [3.8, 4) is 0 Å². The van der Waals surface area contributed by atoms with Gasteiger partial charge in [-0.25, -0.2) is 9.29 Å². The largest absolute Gasteiger partial charge is 0.381 e. The third-order valence-corrected chi connectivity index (χ3v) is 4.25. The molecule has 5 nitrogen and oxygen atoms in total. The second-order valence-electron chi connectivity index (χ2n) is 5.48. The first-order valence-electron chi connectivity index (χ1n) is 7.19. The van der Waals surface area contributed by atoms with Gasteiger partial charge in [-0.1, -0.05) is 35.0 Å². The van der Waals surface area contributed by atoms with Crippen LogP contribution in [-0.4, -0.2) is 23.6 Å². The van der Waals surface area contributed by atoms with Gasteiger partial charge in [-0.3, -0.25) is 9.59 Å². The Balaban J connectivity index is 1.71. The Bertz CT molecular complexity index is 882. The van der Waals surface area contributed by atoms with Crippen molar-refractivity contribution in [1.29, 1.82) is 0 Å². The summed E-state index contributed by atoms with van der Waals surface area (Å²) in [5, 5.41) is 4.28. The van der Waals surface area contributed by atoms with E-state index in [1.165, 1.54) is 30.3 Å². The van der Waals surface area contributed by atoms with Gasteiger partial charge in [0, 0.05) is 10.6 Å². The molecule has 2 atom stereocenters. The summed E-state index contributed by atoms with van der Waals surface area (Å²) < 4.78 is 13.1. The number of halogens is 2. The highest BCUT2D eigenvalue weighted by atomic mass is 35.5. The van der Waals surface area contributed by atoms with Crippen LogP contribution in [0.1, 0.15) is 5.56 Å². The van der Waals surface area contributed by atoms with E-state index >= 15 is 0 Å². The molecule has 7 heteroatoms. The van der Waals surface area contributed by atoms with Gasteiger partial charge in [-0.15, -0.1) is 0 Å². The van der Waals surface area contributed by atoms with Gasteiger partial charge in [0.2, 0.25) is 12.0 Å². The number of benzene rings is 2. The Morgan fingerprint density at radius 3 is 2.54 bits per heavy atom. The molecule has 2 aliphatic rings. The van der Waals surface area contributed by atoms with Crippen LogP contribution in [0, 0.1) is 11.7 Å². The number of carbonyl (C=O) groups excluding carboxylic acids is 2. The lowest BCUT2D eigenvalue weighted by Crippen LogP contribution is -2.33. The molecule has 2 aromatic rings. The average molecular weight is 345 g/mol. The van der Waals surface area contributed by atoms with Gasteiger partial charge in [0.25, 0.3) is 5.91 Å². The maximum atomic E-state index is 13.1. The highest BCUT2D eigenvalue weighted by molar-refractivity contribution is 6.34. The number of nitrogens with zero attached hydrogens (tertiary/aromatic N) is 2. The molecular weight excluding hydrogens is 335 g/mol. The van der Waals surface area contributed by atoms with Gasteiger partial charge in [-0.2, -0.15) is 0 Å². The summed E-state index contributed by atoms with van der Waals surface area (Å²) in [5.74, 6) is -2.17. The van der Waals surface area contributed by atoms with E-state index in [1.807, 2.05) is 0 Å². The van der Waals surface area contributed by atoms with Gasteiger partial charge in [0.15, 0.2) is 0 Å². The molecule has 2 aromatic carbocycles. The number of oxime groups is 1. The Kier molecular flexibility index (Phi) is 3.35. The number of hydrogen-bond acceptors (Lipinski definition) is 4. The predicted molar refractivity (Wildman–Crippen MR) is 85.2 cm³/mol. The van der Waals surface area contributed by atoms with Crippen molar-refractivity contribution in [3.05, 3.63) is 64.9 Å². The summed E-state index contributed by atoms with van der Waals surface area (Å²) in [6.07, 6.45) is -1.00. The maximum absolute atomic E-state index is 13.1. The Labute approximate surface area is 141 Å². The lowest BCUT2D eigenvalue weighted by atomic mass is 9.94. The van der Waals surface area contributed by atoms with Crippen LogP contribution in [0.25, 0.3) is 0 Å². The monoisotopic (exact) mass is 344 g/mol. The van der Waals surface area contributed by atoms with Crippen LogP contribution in [-0.2, 0) is 14.4 Å². The van der Waals surface area contributed by atoms with Gasteiger partial charge in [0.05, 0.1) is 5.69 Å². The second kappa shape index (κ2) is 5.42. The second-order valence-corrected chi connectivity index (χ2v) is 5.92. The Hall–Kier alpha value is -2.73. The molecule has 120 valence electrons. The number of fused-ring (bicyclic) bond motifs is 1. The average Bonchev–Trinajstić information content (AvgIpc) is 3.09. The van der Waals surface area contributed by atoms with Crippen LogP contribution in [0.3, 0.4) is 0 Å². The van der Waals surface area contributed by atoms with Gasteiger partial charge in [-0.05, 0) is 30.3 Å². The van der Waals surface area contributed by atoms with E-state index < -0.39 is 29.7 Å². The van der Waals surface area contributed by atoms with Crippen molar-refractivity contribution in [2.75, 3.05) is 4.90 Å². The summed E-state index contributed by atoms with van der Waals surface area (Å²) in [6, 6.07) is 12.0. The highest BCUT2D eigenvalue weighted by Gasteiger charge is 2.56. The van der Waals surface area contributed by atoms with Gasteiger partial charge >= 0.3 is 0 Å². The van der Waals surface area contributed by atoms with E-state index in [2.05, 4.69) is 5.16 Å². The molecule has 0 radical (unpaired) electrons. The van der Waals surface area contributed by atoms with Crippen molar-refractivity contribution in [2.45, 2.75) is 6.10 Å². The molecule has 1 saturated heterocycles. The first-order valence-corrected chi connectivity index (χ1v) is 7.57. The van der Waals surface area contributed by atoms with Crippen LogP contribution < -0.4 is 4.90 Å². The van der Waals surface area contributed by atoms with Crippen molar-refractivity contribution in [1.82, 2.24) is 0 Å². The molecule has 4 rings (SSSR count). The zero-order chi connectivity index (χ0) is 16.8. The predicted octanol–water partition coefficient (Wildman–Crippen LogP) is 2.77. The van der Waals surface area contributed by atoms with Crippen molar-refractivity contribution < 1.29 is 18.8 Å². The van der Waals surface area contributed by atoms with E-state index in [0.29, 0.717) is 22.0 Å². The van der Waals surface area contributed by atoms with E-state index in [9.17, 15) is 14.0 Å². The number of amides is 2. The van der Waals surface area contributed by atoms with Gasteiger partial charge in [0.1, 0.15) is 17.4 Å². The summed E-state index contributed by atoms with van der Waals surface area (Å²) in [5.41, 5.74) is 1.25. The number of anilines is 1. The molecule has 2 amide bonds. The molecular formula is C17H10ClFN2O3. The lowest BCUT2D eigenvalue weighted by molar-refractivity contribution is -0.126. The maximum Gasteiger partial charge on any atom is 0.278 e. The lowest BCUT2D eigenvalue weighted by Gasteiger charge is -2.15. The van der Waals surface area contributed by atoms with Crippen LogP contribution in [0.4, 0.5) is 10.1 Å². The third-order valence-electron chi connectivity index (χ3n) is 4.02. The van der Waals surface area contributed by atoms with Crippen LogP contribution in [0.5, 0.6) is 0 Å². The third kappa shape index (κ3) is 2.18. The van der Waals surface area contributed by atoms with Crippen LogP contribution in [0.2, 0.25) is 5.02 Å². The minimum absolute atomic E-state index is 0.322. The normalized spacial score (nSPS) is 22.4. The molecule has 0 N–H and O–H groups in total. The summed E-state index contributed by atoms with van der Waals surface area (Å²) in [4.78, 5) is 31.6. The molecule has 24 heavy (non-hydrogen) atoms. The molecule has 2 heterocycles. The number of carbonyl (C=O) groups is 2. The van der Waals surface area contributed by atoms with Gasteiger partial charge < -0.3 is 4.84 Å². The first kappa shape index (κ1) is 14.8. The highest BCUT2D eigenvalue weighted by Crippen LogP contribution is 2.35. The number of imide groups is 1. The quantitative estimate of drug-likeness (QED) is 0.787. The number of hydrogen-bond donors (Lipinski definition) is 0. The van der Waals surface area contributed by atoms with Crippen LogP contribution in [0.15, 0.2) is 53.7 Å². The van der Waals surface area contributed by atoms with E-state index in [4.69, 9.17) is 16.4 Å². The molecule has 2 aliphatic heterocycles. The molecule has 1 fully saturated rings. The topological polar surface area (TPSA) is 59.0 Å². The van der Waals surface area contributed by atoms with E-state index in [-0.39, 0.29) is 0 Å². The minimum atomic E-state index is -1.00. The molecule has 0 aromatic heterocycles. The van der Waals surface area contributed by atoms with Crippen LogP contribution >= 0.6 is 11.6 Å². The SMILES string of the molecule is O=C1[C@H]2C(c3ccc(F)cc3)=NO[C@H]2C(=O)N1c1cccc(Cl)c1. The zero-order valence-corrected chi connectivity index (χ0v) is 12.9. The molecule has 0 bridgehead atoms. The minimum Gasteiger partial charge on any atom is -0.381 e. The summed E-state index contributed by atoms with van der Waals surface area (Å²) >= 11 is 5.94. The number of rotatable bonds is 2. The van der Waals surface area contributed by atoms with E-state index in [0.717, 1.165) is 4.90 Å². The zero-order valence-electron chi connectivity index (χ0n) is 12.1. The Morgan fingerprint density at radius 2 is 1.83 bits per heavy atom. The fourth-order valence-electron chi connectivity index (χ4n) is 2.91. The molecule has 0 aliphatic carbocycles. The Morgan fingerprint density at radius 1 is 1.08 bits per heavy atom. The summed E-state index contributed by atoms with van der Waals surface area (Å²) in [6.45, 7) is 0. The summed E-state index contributed by atoms with van der Waals surface area (Å²) in [7, 11) is 0. The first-order chi connectivity index (χ1) is 11.6. The molecule has 0 saturated carbocycles. The van der Waals surface area contributed by atoms with E-state index in [1.54, 1.807) is 18.2 Å². The smallest absolute Gasteiger partial charge is 0.278 e. The van der Waals surface area contributed by atoms with Crippen molar-refractivity contribution in [2.24, 2.45) is 11.1 Å². The fourth-order valence-corrected chi connectivity index (χ4v) is 3.09. The van der Waals surface area contributed by atoms with Crippen molar-refractivity contribution in [3.63, 3.8) is 0 Å². The fraction of sp³-hybridized carbons (Fsp3) is 0.118. The standard InChI is InChI=1S/C17H10ClFN2O3/c18-10-2-1-3-12(8-10)21-16(22)13-14(20-24-15(13)17(21)23)9-4-6-11(19)7-5-9/h1-8,13,15H/t13-,15+/m0/s1.